The van der Waals surface area contributed by atoms with Crippen molar-refractivity contribution < 1.29 is 12.8 Å². The van der Waals surface area contributed by atoms with Crippen molar-refractivity contribution in [1.82, 2.24) is 14.6 Å². The summed E-state index contributed by atoms with van der Waals surface area (Å²) in [6, 6.07) is 6.68. The molecule has 3 rings (SSSR count). The lowest BCUT2D eigenvalue weighted by Crippen LogP contribution is -2.46. The molecular formula is C13H15N3O3S. The first-order valence-electron chi connectivity index (χ1n) is 6.38. The predicted octanol–water partition coefficient (Wildman–Crippen LogP) is 0.935. The van der Waals surface area contributed by atoms with Gasteiger partial charge in [0.05, 0.1) is 11.1 Å². The summed E-state index contributed by atoms with van der Waals surface area (Å²) in [6.07, 6.45) is 2.94. The van der Waals surface area contributed by atoms with Crippen LogP contribution in [0.4, 0.5) is 0 Å². The maximum Gasteiger partial charge on any atom is 0.243 e. The van der Waals surface area contributed by atoms with Crippen LogP contribution in [0.2, 0.25) is 0 Å². The topological polar surface area (TPSA) is 75.4 Å². The van der Waals surface area contributed by atoms with Crippen LogP contribution < -0.4 is 5.32 Å². The molecule has 2 aromatic rings. The minimum absolute atomic E-state index is 0.308. The Labute approximate surface area is 117 Å². The summed E-state index contributed by atoms with van der Waals surface area (Å²) in [5, 5.41) is 3.14. The largest absolute Gasteiger partial charge is 0.444 e. The summed E-state index contributed by atoms with van der Waals surface area (Å²) in [5.74, 6) is 0.621. The van der Waals surface area contributed by atoms with E-state index in [1.54, 1.807) is 30.5 Å². The Bertz CT molecular complexity index is 659. The van der Waals surface area contributed by atoms with Gasteiger partial charge in [0.15, 0.2) is 12.2 Å². The maximum absolute atomic E-state index is 12.4. The molecule has 1 aliphatic rings. The van der Waals surface area contributed by atoms with Gasteiger partial charge in [-0.1, -0.05) is 0 Å². The van der Waals surface area contributed by atoms with E-state index in [1.165, 1.54) is 10.7 Å². The summed E-state index contributed by atoms with van der Waals surface area (Å²) >= 11 is 0. The van der Waals surface area contributed by atoms with Crippen molar-refractivity contribution in [3.63, 3.8) is 0 Å². The van der Waals surface area contributed by atoms with Crippen molar-refractivity contribution in [2.75, 3.05) is 26.2 Å². The fourth-order valence-corrected chi connectivity index (χ4v) is 3.62. The standard InChI is InChI=1S/C13H15N3O3S/c17-20(18,16-7-5-14-6-8-16)12-3-1-11(2-4-12)13-9-15-10-19-13/h1-4,9-10,14H,5-8H2. The molecule has 1 aromatic carbocycles. The van der Waals surface area contributed by atoms with Crippen molar-refractivity contribution in [1.29, 1.82) is 0 Å². The second-order valence-electron chi connectivity index (χ2n) is 4.54. The van der Waals surface area contributed by atoms with E-state index in [2.05, 4.69) is 10.3 Å². The third-order valence-corrected chi connectivity index (χ3v) is 5.20. The lowest BCUT2D eigenvalue weighted by Gasteiger charge is -2.26. The highest BCUT2D eigenvalue weighted by Gasteiger charge is 2.25. The van der Waals surface area contributed by atoms with Crippen LogP contribution in [0, 0.1) is 0 Å². The maximum atomic E-state index is 12.4. The van der Waals surface area contributed by atoms with E-state index >= 15 is 0 Å². The van der Waals surface area contributed by atoms with Crippen molar-refractivity contribution >= 4 is 10.0 Å². The lowest BCUT2D eigenvalue weighted by atomic mass is 10.2. The summed E-state index contributed by atoms with van der Waals surface area (Å²) in [7, 11) is -3.40. The molecule has 0 amide bonds. The summed E-state index contributed by atoms with van der Waals surface area (Å²) in [5.41, 5.74) is 0.807. The van der Waals surface area contributed by atoms with Crippen LogP contribution in [0.1, 0.15) is 0 Å². The van der Waals surface area contributed by atoms with Crippen LogP contribution in [-0.2, 0) is 10.0 Å². The van der Waals surface area contributed by atoms with Crippen molar-refractivity contribution in [2.24, 2.45) is 0 Å². The van der Waals surface area contributed by atoms with Crippen molar-refractivity contribution in [3.8, 4) is 11.3 Å². The smallest absolute Gasteiger partial charge is 0.243 e. The Hall–Kier alpha value is -1.70. The molecule has 0 radical (unpaired) electrons. The number of sulfonamides is 1. The van der Waals surface area contributed by atoms with Gasteiger partial charge in [-0.3, -0.25) is 0 Å². The molecule has 7 heteroatoms. The zero-order valence-corrected chi connectivity index (χ0v) is 11.6. The Morgan fingerprint density at radius 1 is 1.15 bits per heavy atom. The van der Waals surface area contributed by atoms with Gasteiger partial charge in [-0.2, -0.15) is 4.31 Å². The van der Waals surface area contributed by atoms with E-state index in [4.69, 9.17) is 4.42 Å². The number of hydrogen-bond acceptors (Lipinski definition) is 5. The number of piperazine rings is 1. The highest BCUT2D eigenvalue weighted by molar-refractivity contribution is 7.89. The minimum Gasteiger partial charge on any atom is -0.444 e. The first-order chi connectivity index (χ1) is 9.68. The van der Waals surface area contributed by atoms with E-state index in [0.29, 0.717) is 36.8 Å². The molecule has 106 valence electrons. The van der Waals surface area contributed by atoms with Crippen molar-refractivity contribution in [3.05, 3.63) is 36.9 Å². The Morgan fingerprint density at radius 2 is 1.85 bits per heavy atom. The lowest BCUT2D eigenvalue weighted by molar-refractivity contribution is 0.360. The monoisotopic (exact) mass is 293 g/mol. The summed E-state index contributed by atoms with van der Waals surface area (Å²) in [4.78, 5) is 4.15. The van der Waals surface area contributed by atoms with Gasteiger partial charge in [0.1, 0.15) is 0 Å². The molecule has 1 N–H and O–H groups in total. The fraction of sp³-hybridized carbons (Fsp3) is 0.308. The molecule has 1 fully saturated rings. The van der Waals surface area contributed by atoms with Gasteiger partial charge in [0.2, 0.25) is 10.0 Å². The number of hydrogen-bond donors (Lipinski definition) is 1. The second kappa shape index (κ2) is 5.35. The van der Waals surface area contributed by atoms with Gasteiger partial charge < -0.3 is 9.73 Å². The molecular weight excluding hydrogens is 278 g/mol. The molecule has 6 nitrogen and oxygen atoms in total. The number of nitrogens with one attached hydrogen (secondary N) is 1. The predicted molar refractivity (Wildman–Crippen MR) is 73.6 cm³/mol. The molecule has 0 bridgehead atoms. The number of aromatic nitrogens is 1. The number of nitrogens with zero attached hydrogens (tertiary/aromatic N) is 2. The van der Waals surface area contributed by atoms with Crippen LogP contribution in [0.3, 0.4) is 0 Å². The summed E-state index contributed by atoms with van der Waals surface area (Å²) < 4.78 is 31.6. The number of rotatable bonds is 3. The van der Waals surface area contributed by atoms with Gasteiger partial charge >= 0.3 is 0 Å². The van der Waals surface area contributed by atoms with Crippen LogP contribution in [0.15, 0.2) is 46.2 Å². The molecule has 0 saturated carbocycles. The quantitative estimate of drug-likeness (QED) is 0.911. The normalized spacial score (nSPS) is 17.2. The van der Waals surface area contributed by atoms with Crippen LogP contribution in [-0.4, -0.2) is 43.9 Å². The molecule has 0 spiro atoms. The first-order valence-corrected chi connectivity index (χ1v) is 7.82. The van der Waals surface area contributed by atoms with Crippen LogP contribution in [0.5, 0.6) is 0 Å². The van der Waals surface area contributed by atoms with E-state index in [-0.39, 0.29) is 0 Å². The van der Waals surface area contributed by atoms with Gasteiger partial charge in [0, 0.05) is 31.7 Å². The Morgan fingerprint density at radius 3 is 2.45 bits per heavy atom. The second-order valence-corrected chi connectivity index (χ2v) is 6.48. The van der Waals surface area contributed by atoms with Gasteiger partial charge in [-0.05, 0) is 24.3 Å². The molecule has 20 heavy (non-hydrogen) atoms. The fourth-order valence-electron chi connectivity index (χ4n) is 2.18. The highest BCUT2D eigenvalue weighted by atomic mass is 32.2. The molecule has 1 saturated heterocycles. The first kappa shape index (κ1) is 13.3. The third kappa shape index (κ3) is 2.47. The molecule has 0 unspecified atom stereocenters. The van der Waals surface area contributed by atoms with Gasteiger partial charge in [0.25, 0.3) is 0 Å². The zero-order valence-electron chi connectivity index (χ0n) is 10.8. The third-order valence-electron chi connectivity index (χ3n) is 3.28. The number of benzene rings is 1. The zero-order chi connectivity index (χ0) is 14.0. The SMILES string of the molecule is O=S(=O)(c1ccc(-c2cnco2)cc1)N1CCNCC1. The molecule has 0 aliphatic carbocycles. The average Bonchev–Trinajstić information content (AvgIpc) is 3.02. The highest BCUT2D eigenvalue weighted by Crippen LogP contribution is 2.22. The van der Waals surface area contributed by atoms with E-state index in [1.807, 2.05) is 0 Å². The van der Waals surface area contributed by atoms with Gasteiger partial charge in [-0.15, -0.1) is 0 Å². The van der Waals surface area contributed by atoms with Crippen molar-refractivity contribution in [2.45, 2.75) is 4.90 Å². The summed E-state index contributed by atoms with van der Waals surface area (Å²) in [6.45, 7) is 2.39. The van der Waals surface area contributed by atoms with E-state index in [9.17, 15) is 8.42 Å². The molecule has 0 atom stereocenters. The molecule has 1 aliphatic heterocycles. The minimum atomic E-state index is -3.40. The van der Waals surface area contributed by atoms with Crippen LogP contribution in [0.25, 0.3) is 11.3 Å². The van der Waals surface area contributed by atoms with E-state index in [0.717, 1.165) is 5.56 Å². The Balaban J connectivity index is 1.87. The number of oxazole rings is 1. The van der Waals surface area contributed by atoms with Crippen LogP contribution >= 0.6 is 0 Å². The average molecular weight is 293 g/mol. The Kier molecular flexibility index (Phi) is 3.56. The molecule has 1 aromatic heterocycles. The van der Waals surface area contributed by atoms with Gasteiger partial charge in [-0.25, -0.2) is 13.4 Å². The van der Waals surface area contributed by atoms with E-state index < -0.39 is 10.0 Å². The molecule has 2 heterocycles.